The van der Waals surface area contributed by atoms with Gasteiger partial charge in [-0.3, -0.25) is 9.78 Å². The molecule has 21 heavy (non-hydrogen) atoms. The predicted octanol–water partition coefficient (Wildman–Crippen LogP) is 2.75. The standard InChI is InChI=1S/C15H19N3O3/c1-4-15(5-2,14(19)20-6-3)13-17-12(18-21-13)11-9-7-8-10-16-11/h7-10H,4-6H2,1-3H3. The normalized spacial score (nSPS) is 11.4. The second-order valence-corrected chi connectivity index (χ2v) is 4.65. The van der Waals surface area contributed by atoms with Crippen LogP contribution in [0.5, 0.6) is 0 Å². The van der Waals surface area contributed by atoms with Crippen LogP contribution in [0.2, 0.25) is 0 Å². The summed E-state index contributed by atoms with van der Waals surface area (Å²) >= 11 is 0. The molecule has 2 rings (SSSR count). The maximum atomic E-state index is 12.3. The Bertz CT molecular complexity index is 591. The van der Waals surface area contributed by atoms with Crippen molar-refractivity contribution in [1.82, 2.24) is 15.1 Å². The second-order valence-electron chi connectivity index (χ2n) is 4.65. The highest BCUT2D eigenvalue weighted by molar-refractivity contribution is 5.81. The smallest absolute Gasteiger partial charge is 0.321 e. The van der Waals surface area contributed by atoms with E-state index in [1.807, 2.05) is 26.0 Å². The van der Waals surface area contributed by atoms with Crippen molar-refractivity contribution in [3.8, 4) is 11.5 Å². The number of nitrogens with zero attached hydrogens (tertiary/aromatic N) is 3. The van der Waals surface area contributed by atoms with Crippen molar-refractivity contribution in [2.75, 3.05) is 6.61 Å². The number of carbonyl (C=O) groups is 1. The number of rotatable bonds is 6. The number of ether oxygens (including phenoxy) is 1. The van der Waals surface area contributed by atoms with Gasteiger partial charge in [-0.15, -0.1) is 0 Å². The van der Waals surface area contributed by atoms with E-state index >= 15 is 0 Å². The Balaban J connectivity index is 2.39. The average Bonchev–Trinajstić information content (AvgIpc) is 3.01. The van der Waals surface area contributed by atoms with Crippen molar-refractivity contribution in [3.63, 3.8) is 0 Å². The fourth-order valence-electron chi connectivity index (χ4n) is 2.21. The quantitative estimate of drug-likeness (QED) is 0.761. The van der Waals surface area contributed by atoms with Crippen LogP contribution in [-0.2, 0) is 14.9 Å². The van der Waals surface area contributed by atoms with Gasteiger partial charge in [-0.1, -0.05) is 25.1 Å². The summed E-state index contributed by atoms with van der Waals surface area (Å²) in [5.41, 5.74) is -0.284. The zero-order valence-electron chi connectivity index (χ0n) is 12.5. The molecule has 0 aliphatic heterocycles. The van der Waals surface area contributed by atoms with Crippen LogP contribution in [0.3, 0.4) is 0 Å². The molecule has 2 aromatic rings. The van der Waals surface area contributed by atoms with Gasteiger partial charge in [0, 0.05) is 6.20 Å². The Labute approximate surface area is 123 Å². The van der Waals surface area contributed by atoms with Crippen LogP contribution in [0.1, 0.15) is 39.5 Å². The van der Waals surface area contributed by atoms with E-state index in [0.717, 1.165) is 0 Å². The van der Waals surface area contributed by atoms with Crippen molar-refractivity contribution in [3.05, 3.63) is 30.3 Å². The lowest BCUT2D eigenvalue weighted by Crippen LogP contribution is -2.36. The van der Waals surface area contributed by atoms with Gasteiger partial charge in [0.05, 0.1) is 6.61 Å². The van der Waals surface area contributed by atoms with Crippen molar-refractivity contribution < 1.29 is 14.1 Å². The Morgan fingerprint density at radius 1 is 1.29 bits per heavy atom. The summed E-state index contributed by atoms with van der Waals surface area (Å²) in [5, 5.41) is 3.93. The Morgan fingerprint density at radius 2 is 2.05 bits per heavy atom. The first-order chi connectivity index (χ1) is 10.2. The molecule has 0 amide bonds. The third-order valence-corrected chi connectivity index (χ3v) is 3.60. The van der Waals surface area contributed by atoms with Crippen LogP contribution in [0.4, 0.5) is 0 Å². The molecule has 2 heterocycles. The minimum atomic E-state index is -0.893. The molecule has 2 aromatic heterocycles. The Hall–Kier alpha value is -2.24. The Kier molecular flexibility index (Phi) is 4.67. The van der Waals surface area contributed by atoms with Crippen molar-refractivity contribution in [1.29, 1.82) is 0 Å². The molecule has 6 heteroatoms. The lowest BCUT2D eigenvalue weighted by atomic mass is 9.82. The molecular weight excluding hydrogens is 270 g/mol. The first-order valence-corrected chi connectivity index (χ1v) is 7.10. The highest BCUT2D eigenvalue weighted by Crippen LogP contribution is 2.33. The van der Waals surface area contributed by atoms with Gasteiger partial charge in [-0.05, 0) is 31.9 Å². The monoisotopic (exact) mass is 289 g/mol. The average molecular weight is 289 g/mol. The third kappa shape index (κ3) is 2.79. The zero-order chi connectivity index (χ0) is 15.3. The summed E-state index contributed by atoms with van der Waals surface area (Å²) < 4.78 is 10.5. The lowest BCUT2D eigenvalue weighted by Gasteiger charge is -2.24. The number of aromatic nitrogens is 3. The van der Waals surface area contributed by atoms with Gasteiger partial charge in [0.2, 0.25) is 11.7 Å². The molecule has 0 spiro atoms. The van der Waals surface area contributed by atoms with Gasteiger partial charge in [0.25, 0.3) is 0 Å². The molecule has 6 nitrogen and oxygen atoms in total. The fourth-order valence-corrected chi connectivity index (χ4v) is 2.21. The molecule has 0 fully saturated rings. The molecule has 0 bridgehead atoms. The van der Waals surface area contributed by atoms with Crippen molar-refractivity contribution >= 4 is 5.97 Å². The molecular formula is C15H19N3O3. The third-order valence-electron chi connectivity index (χ3n) is 3.60. The minimum Gasteiger partial charge on any atom is -0.465 e. The van der Waals surface area contributed by atoms with Crippen LogP contribution in [0.25, 0.3) is 11.5 Å². The van der Waals surface area contributed by atoms with Gasteiger partial charge < -0.3 is 9.26 Å². The van der Waals surface area contributed by atoms with Gasteiger partial charge >= 0.3 is 5.97 Å². The van der Waals surface area contributed by atoms with E-state index < -0.39 is 5.41 Å². The molecule has 0 aromatic carbocycles. The molecule has 0 saturated carbocycles. The van der Waals surface area contributed by atoms with Crippen LogP contribution < -0.4 is 0 Å². The van der Waals surface area contributed by atoms with E-state index in [1.54, 1.807) is 19.2 Å². The topological polar surface area (TPSA) is 78.1 Å². The molecule has 0 aliphatic carbocycles. The van der Waals surface area contributed by atoms with E-state index in [4.69, 9.17) is 9.26 Å². The van der Waals surface area contributed by atoms with Crippen LogP contribution in [0.15, 0.2) is 28.9 Å². The SMILES string of the molecule is CCOC(=O)C(CC)(CC)c1nc(-c2ccccn2)no1. The summed E-state index contributed by atoms with van der Waals surface area (Å²) in [5.74, 6) is 0.332. The summed E-state index contributed by atoms with van der Waals surface area (Å²) in [6.45, 7) is 5.92. The fraction of sp³-hybridized carbons (Fsp3) is 0.467. The number of esters is 1. The van der Waals surface area contributed by atoms with E-state index in [2.05, 4.69) is 15.1 Å². The van der Waals surface area contributed by atoms with Gasteiger partial charge in [0.1, 0.15) is 11.1 Å². The summed E-state index contributed by atoms with van der Waals surface area (Å²) in [6, 6.07) is 5.45. The number of hydrogen-bond acceptors (Lipinski definition) is 6. The molecule has 0 N–H and O–H groups in total. The van der Waals surface area contributed by atoms with Crippen molar-refractivity contribution in [2.24, 2.45) is 0 Å². The maximum Gasteiger partial charge on any atom is 0.321 e. The van der Waals surface area contributed by atoms with Crippen LogP contribution >= 0.6 is 0 Å². The van der Waals surface area contributed by atoms with E-state index in [9.17, 15) is 4.79 Å². The first kappa shape index (κ1) is 15.2. The van der Waals surface area contributed by atoms with Gasteiger partial charge in [0.15, 0.2) is 0 Å². The predicted molar refractivity (Wildman–Crippen MR) is 76.4 cm³/mol. The molecule has 0 aliphatic rings. The number of hydrogen-bond donors (Lipinski definition) is 0. The lowest BCUT2D eigenvalue weighted by molar-refractivity contribution is -0.151. The van der Waals surface area contributed by atoms with Gasteiger partial charge in [-0.2, -0.15) is 4.98 Å². The molecule has 0 radical (unpaired) electrons. The molecule has 0 atom stereocenters. The number of pyridine rings is 1. The number of carbonyl (C=O) groups excluding carboxylic acids is 1. The van der Waals surface area contributed by atoms with Crippen LogP contribution in [-0.4, -0.2) is 27.7 Å². The van der Waals surface area contributed by atoms with E-state index in [1.165, 1.54) is 0 Å². The summed E-state index contributed by atoms with van der Waals surface area (Å²) in [6.07, 6.45) is 2.72. The maximum absolute atomic E-state index is 12.3. The largest absolute Gasteiger partial charge is 0.465 e. The summed E-state index contributed by atoms with van der Waals surface area (Å²) in [4.78, 5) is 20.8. The summed E-state index contributed by atoms with van der Waals surface area (Å²) in [7, 11) is 0. The van der Waals surface area contributed by atoms with Crippen LogP contribution in [0, 0.1) is 0 Å². The minimum absolute atomic E-state index is 0.284. The Morgan fingerprint density at radius 3 is 2.62 bits per heavy atom. The highest BCUT2D eigenvalue weighted by Gasteiger charge is 2.44. The highest BCUT2D eigenvalue weighted by atomic mass is 16.5. The molecule has 0 saturated heterocycles. The zero-order valence-corrected chi connectivity index (χ0v) is 12.5. The first-order valence-electron chi connectivity index (χ1n) is 7.10. The second kappa shape index (κ2) is 6.47. The molecule has 0 unspecified atom stereocenters. The van der Waals surface area contributed by atoms with Crippen molar-refractivity contribution in [2.45, 2.75) is 39.0 Å². The van der Waals surface area contributed by atoms with Gasteiger partial charge in [-0.25, -0.2) is 0 Å². The van der Waals surface area contributed by atoms with E-state index in [0.29, 0.717) is 31.0 Å². The molecule has 112 valence electrons. The van der Waals surface area contributed by atoms with E-state index in [-0.39, 0.29) is 11.9 Å².